The lowest BCUT2D eigenvalue weighted by molar-refractivity contribution is 0.0322. The van der Waals surface area contributed by atoms with Gasteiger partial charge in [-0.05, 0) is 43.5 Å². The molecule has 0 spiro atoms. The molecule has 1 fully saturated rings. The average Bonchev–Trinajstić information content (AvgIpc) is 3.27. The van der Waals surface area contributed by atoms with Crippen LogP contribution in [0, 0.1) is 0 Å². The standard InChI is InChI=1S/C19H24N4O3/c24-19(18-16-2-1-3-17(16)21-22-18)20-14-4-6-15(7-5-14)26-13-10-23-8-11-25-12-9-23/h4-7H,1-3,8-13H2,(H,20,24)(H,21,22). The Hall–Kier alpha value is -2.38. The third-order valence-electron chi connectivity index (χ3n) is 4.91. The topological polar surface area (TPSA) is 79.5 Å². The predicted octanol–water partition coefficient (Wildman–Crippen LogP) is 1.86. The molecule has 0 saturated carbocycles. The van der Waals surface area contributed by atoms with Crippen molar-refractivity contribution in [3.05, 3.63) is 41.2 Å². The summed E-state index contributed by atoms with van der Waals surface area (Å²) in [5.74, 6) is 0.641. The molecule has 2 heterocycles. The number of hydrogen-bond donors (Lipinski definition) is 2. The van der Waals surface area contributed by atoms with Gasteiger partial charge in [0.25, 0.3) is 5.91 Å². The number of H-pyrrole nitrogens is 1. The number of carbonyl (C=O) groups is 1. The van der Waals surface area contributed by atoms with Crippen LogP contribution in [0.15, 0.2) is 24.3 Å². The van der Waals surface area contributed by atoms with Gasteiger partial charge in [0.1, 0.15) is 12.4 Å². The van der Waals surface area contributed by atoms with E-state index in [9.17, 15) is 4.79 Å². The largest absolute Gasteiger partial charge is 0.492 e. The van der Waals surface area contributed by atoms with E-state index in [2.05, 4.69) is 20.4 Å². The first-order chi connectivity index (χ1) is 12.8. The van der Waals surface area contributed by atoms with Gasteiger partial charge in [0.05, 0.1) is 13.2 Å². The molecule has 0 atom stereocenters. The summed E-state index contributed by atoms with van der Waals surface area (Å²) < 4.78 is 11.1. The fourth-order valence-electron chi connectivity index (χ4n) is 3.45. The van der Waals surface area contributed by atoms with Crippen LogP contribution in [0.4, 0.5) is 5.69 Å². The number of anilines is 1. The van der Waals surface area contributed by atoms with Crippen molar-refractivity contribution >= 4 is 11.6 Å². The van der Waals surface area contributed by atoms with Gasteiger partial charge in [0.2, 0.25) is 0 Å². The highest BCUT2D eigenvalue weighted by atomic mass is 16.5. The molecular weight excluding hydrogens is 332 g/mol. The monoisotopic (exact) mass is 356 g/mol. The maximum atomic E-state index is 12.4. The van der Waals surface area contributed by atoms with Gasteiger partial charge >= 0.3 is 0 Å². The van der Waals surface area contributed by atoms with Gasteiger partial charge in [-0.2, -0.15) is 5.10 Å². The molecule has 1 aliphatic heterocycles. The van der Waals surface area contributed by atoms with Crippen molar-refractivity contribution in [3.63, 3.8) is 0 Å². The van der Waals surface area contributed by atoms with Crippen LogP contribution in [0.2, 0.25) is 0 Å². The maximum absolute atomic E-state index is 12.4. The number of fused-ring (bicyclic) bond motifs is 1. The Bertz CT molecular complexity index is 751. The molecule has 1 aromatic heterocycles. The lowest BCUT2D eigenvalue weighted by atomic mass is 10.2. The van der Waals surface area contributed by atoms with E-state index in [1.54, 1.807) is 0 Å². The normalized spacial score (nSPS) is 17.1. The number of nitrogens with one attached hydrogen (secondary N) is 2. The van der Waals surface area contributed by atoms with Gasteiger partial charge in [-0.1, -0.05) is 0 Å². The summed E-state index contributed by atoms with van der Waals surface area (Å²) in [6.45, 7) is 5.06. The summed E-state index contributed by atoms with van der Waals surface area (Å²) >= 11 is 0. The van der Waals surface area contributed by atoms with E-state index in [1.165, 1.54) is 0 Å². The number of morpholine rings is 1. The van der Waals surface area contributed by atoms with Gasteiger partial charge in [0, 0.05) is 36.6 Å². The van der Waals surface area contributed by atoms with Crippen LogP contribution in [0.3, 0.4) is 0 Å². The van der Waals surface area contributed by atoms with E-state index in [0.29, 0.717) is 12.3 Å². The van der Waals surface area contributed by atoms with E-state index in [4.69, 9.17) is 9.47 Å². The van der Waals surface area contributed by atoms with E-state index in [1.807, 2.05) is 24.3 Å². The molecular formula is C19H24N4O3. The molecule has 0 radical (unpaired) electrons. The molecule has 2 aromatic rings. The van der Waals surface area contributed by atoms with Crippen LogP contribution in [0.1, 0.15) is 28.2 Å². The Labute approximate surface area is 152 Å². The summed E-state index contributed by atoms with van der Waals surface area (Å²) in [7, 11) is 0. The highest BCUT2D eigenvalue weighted by Crippen LogP contribution is 2.24. The zero-order chi connectivity index (χ0) is 17.8. The van der Waals surface area contributed by atoms with Crippen LogP contribution >= 0.6 is 0 Å². The minimum absolute atomic E-state index is 0.162. The maximum Gasteiger partial charge on any atom is 0.276 e. The number of hydrogen-bond acceptors (Lipinski definition) is 5. The van der Waals surface area contributed by atoms with Gasteiger partial charge < -0.3 is 14.8 Å². The fourth-order valence-corrected chi connectivity index (χ4v) is 3.45. The molecule has 0 bridgehead atoms. The Morgan fingerprint density at radius 1 is 1.23 bits per heavy atom. The van der Waals surface area contributed by atoms with Crippen LogP contribution in [-0.2, 0) is 17.6 Å². The van der Waals surface area contributed by atoms with Gasteiger partial charge in [-0.25, -0.2) is 0 Å². The van der Waals surface area contributed by atoms with Crippen molar-refractivity contribution in [2.24, 2.45) is 0 Å². The molecule has 0 unspecified atom stereocenters. The Kier molecular flexibility index (Phi) is 5.17. The Morgan fingerprint density at radius 2 is 2.04 bits per heavy atom. The minimum atomic E-state index is -0.162. The molecule has 2 N–H and O–H groups in total. The van der Waals surface area contributed by atoms with Crippen LogP contribution < -0.4 is 10.1 Å². The lowest BCUT2D eigenvalue weighted by Gasteiger charge is -2.26. The van der Waals surface area contributed by atoms with Gasteiger partial charge in [-0.3, -0.25) is 14.8 Å². The van der Waals surface area contributed by atoms with Crippen molar-refractivity contribution in [1.82, 2.24) is 15.1 Å². The van der Waals surface area contributed by atoms with Crippen molar-refractivity contribution in [1.29, 1.82) is 0 Å². The average molecular weight is 356 g/mol. The fraction of sp³-hybridized carbons (Fsp3) is 0.474. The molecule has 7 nitrogen and oxygen atoms in total. The number of ether oxygens (including phenoxy) is 2. The second-order valence-corrected chi connectivity index (χ2v) is 6.66. The molecule has 1 aromatic carbocycles. The number of aryl methyl sites for hydroxylation is 1. The molecule has 4 rings (SSSR count). The van der Waals surface area contributed by atoms with Crippen LogP contribution in [-0.4, -0.2) is 60.5 Å². The first-order valence-electron chi connectivity index (χ1n) is 9.20. The van der Waals surface area contributed by atoms with E-state index in [-0.39, 0.29) is 5.91 Å². The van der Waals surface area contributed by atoms with Gasteiger partial charge in [-0.15, -0.1) is 0 Å². The summed E-state index contributed by atoms with van der Waals surface area (Å²) in [6, 6.07) is 7.47. The molecule has 1 amide bonds. The second-order valence-electron chi connectivity index (χ2n) is 6.66. The molecule has 26 heavy (non-hydrogen) atoms. The number of amides is 1. The summed E-state index contributed by atoms with van der Waals surface area (Å²) in [5.41, 5.74) is 3.42. The molecule has 2 aliphatic rings. The smallest absolute Gasteiger partial charge is 0.276 e. The van der Waals surface area contributed by atoms with Crippen molar-refractivity contribution in [2.75, 3.05) is 44.8 Å². The molecule has 1 saturated heterocycles. The Balaban J connectivity index is 1.27. The summed E-state index contributed by atoms with van der Waals surface area (Å²) in [4.78, 5) is 14.8. The van der Waals surface area contributed by atoms with Crippen molar-refractivity contribution in [2.45, 2.75) is 19.3 Å². The van der Waals surface area contributed by atoms with Crippen LogP contribution in [0.5, 0.6) is 5.75 Å². The zero-order valence-electron chi connectivity index (χ0n) is 14.8. The Morgan fingerprint density at radius 3 is 2.85 bits per heavy atom. The number of benzene rings is 1. The van der Waals surface area contributed by atoms with Crippen molar-refractivity contribution < 1.29 is 14.3 Å². The summed E-state index contributed by atoms with van der Waals surface area (Å²) in [5, 5.41) is 10.0. The number of aromatic amines is 1. The highest BCUT2D eigenvalue weighted by Gasteiger charge is 2.23. The number of nitrogens with zero attached hydrogens (tertiary/aromatic N) is 2. The molecule has 1 aliphatic carbocycles. The number of rotatable bonds is 6. The van der Waals surface area contributed by atoms with E-state index < -0.39 is 0 Å². The predicted molar refractivity (Wildman–Crippen MR) is 97.8 cm³/mol. The summed E-state index contributed by atoms with van der Waals surface area (Å²) in [6.07, 6.45) is 2.98. The second kappa shape index (κ2) is 7.88. The van der Waals surface area contributed by atoms with E-state index >= 15 is 0 Å². The highest BCUT2D eigenvalue weighted by molar-refractivity contribution is 6.04. The van der Waals surface area contributed by atoms with Crippen molar-refractivity contribution in [3.8, 4) is 5.75 Å². The van der Waals surface area contributed by atoms with E-state index in [0.717, 1.165) is 74.8 Å². The number of aromatic nitrogens is 2. The first-order valence-corrected chi connectivity index (χ1v) is 9.20. The third kappa shape index (κ3) is 3.89. The first kappa shape index (κ1) is 17.1. The zero-order valence-corrected chi connectivity index (χ0v) is 14.8. The third-order valence-corrected chi connectivity index (χ3v) is 4.91. The lowest BCUT2D eigenvalue weighted by Crippen LogP contribution is -2.38. The molecule has 138 valence electrons. The minimum Gasteiger partial charge on any atom is -0.492 e. The van der Waals surface area contributed by atoms with Gasteiger partial charge in [0.15, 0.2) is 5.69 Å². The number of carbonyl (C=O) groups excluding carboxylic acids is 1. The SMILES string of the molecule is O=C(Nc1ccc(OCCN2CCOCC2)cc1)c1n[nH]c2c1CCC2. The van der Waals surface area contributed by atoms with Crippen LogP contribution in [0.25, 0.3) is 0 Å². The quantitative estimate of drug-likeness (QED) is 0.826. The molecule has 7 heteroatoms.